The molecule has 3 heterocycles. The van der Waals surface area contributed by atoms with Gasteiger partial charge in [-0.3, -0.25) is 4.79 Å². The minimum absolute atomic E-state index is 0.0597. The van der Waals surface area contributed by atoms with Crippen molar-refractivity contribution in [2.24, 2.45) is 5.10 Å². The standard InChI is InChI=1S/C24H20FN3OS2/c1-15-24(18-5-2-3-6-19(18)26-15)31-14-23(29)28-21(16-8-10-17(25)11-9-16)13-20(27-28)22-7-4-12-30-22/h2-12,21,26H,13-14H2,1H3. The van der Waals surface area contributed by atoms with Gasteiger partial charge in [0.2, 0.25) is 0 Å². The number of benzene rings is 2. The van der Waals surface area contributed by atoms with Gasteiger partial charge in [-0.15, -0.1) is 23.1 Å². The number of aromatic amines is 1. The third kappa shape index (κ3) is 3.91. The van der Waals surface area contributed by atoms with E-state index in [1.165, 1.54) is 23.9 Å². The van der Waals surface area contributed by atoms with Crippen LogP contribution in [0.3, 0.4) is 0 Å². The number of thioether (sulfide) groups is 1. The van der Waals surface area contributed by atoms with Crippen LogP contribution in [0.25, 0.3) is 10.9 Å². The number of nitrogens with one attached hydrogen (secondary N) is 1. The molecule has 4 aromatic rings. The van der Waals surface area contributed by atoms with E-state index in [1.54, 1.807) is 28.5 Å². The number of aromatic nitrogens is 1. The van der Waals surface area contributed by atoms with E-state index in [2.05, 4.69) is 11.1 Å². The average molecular weight is 450 g/mol. The van der Waals surface area contributed by atoms with Crippen molar-refractivity contribution >= 4 is 45.6 Å². The van der Waals surface area contributed by atoms with Crippen LogP contribution in [-0.2, 0) is 4.79 Å². The molecule has 2 aromatic carbocycles. The van der Waals surface area contributed by atoms with Crippen LogP contribution in [0.15, 0.2) is 76.0 Å². The first-order valence-corrected chi connectivity index (χ1v) is 11.9. The molecule has 156 valence electrons. The summed E-state index contributed by atoms with van der Waals surface area (Å²) < 4.78 is 13.5. The van der Waals surface area contributed by atoms with Crippen molar-refractivity contribution in [1.82, 2.24) is 9.99 Å². The number of para-hydroxylation sites is 1. The molecule has 0 radical (unpaired) electrons. The molecule has 5 rings (SSSR count). The Morgan fingerprint density at radius 3 is 2.77 bits per heavy atom. The number of hydrazone groups is 1. The van der Waals surface area contributed by atoms with Crippen LogP contribution in [0.4, 0.5) is 4.39 Å². The molecule has 4 nitrogen and oxygen atoms in total. The van der Waals surface area contributed by atoms with E-state index in [1.807, 2.05) is 42.6 Å². The molecule has 1 atom stereocenters. The van der Waals surface area contributed by atoms with Crippen LogP contribution in [0.5, 0.6) is 0 Å². The van der Waals surface area contributed by atoms with Gasteiger partial charge in [0.05, 0.1) is 22.4 Å². The number of H-pyrrole nitrogens is 1. The lowest BCUT2D eigenvalue weighted by Crippen LogP contribution is -2.28. The number of thiophene rings is 1. The fraction of sp³-hybridized carbons (Fsp3) is 0.167. The smallest absolute Gasteiger partial charge is 0.253 e. The predicted molar refractivity (Wildman–Crippen MR) is 125 cm³/mol. The van der Waals surface area contributed by atoms with Gasteiger partial charge >= 0.3 is 0 Å². The molecular weight excluding hydrogens is 429 g/mol. The highest BCUT2D eigenvalue weighted by Gasteiger charge is 2.33. The van der Waals surface area contributed by atoms with E-state index in [0.29, 0.717) is 6.42 Å². The number of amides is 1. The minimum Gasteiger partial charge on any atom is -0.358 e. The van der Waals surface area contributed by atoms with Crippen LogP contribution < -0.4 is 0 Å². The van der Waals surface area contributed by atoms with Gasteiger partial charge in [-0.1, -0.05) is 36.4 Å². The van der Waals surface area contributed by atoms with Gasteiger partial charge in [-0.2, -0.15) is 5.10 Å². The molecule has 31 heavy (non-hydrogen) atoms. The number of halogens is 1. The molecule has 0 aliphatic carbocycles. The zero-order valence-electron chi connectivity index (χ0n) is 16.8. The van der Waals surface area contributed by atoms with E-state index in [-0.39, 0.29) is 23.5 Å². The number of fused-ring (bicyclic) bond motifs is 1. The number of carbonyl (C=O) groups excluding carboxylic acids is 1. The van der Waals surface area contributed by atoms with E-state index >= 15 is 0 Å². The summed E-state index contributed by atoms with van der Waals surface area (Å²) in [6, 6.07) is 18.2. The molecule has 0 bridgehead atoms. The van der Waals surface area contributed by atoms with E-state index in [4.69, 9.17) is 5.10 Å². The summed E-state index contributed by atoms with van der Waals surface area (Å²) in [4.78, 5) is 18.8. The highest BCUT2D eigenvalue weighted by atomic mass is 32.2. The fourth-order valence-corrected chi connectivity index (χ4v) is 5.64. The summed E-state index contributed by atoms with van der Waals surface area (Å²) in [5.41, 5.74) is 3.90. The summed E-state index contributed by atoms with van der Waals surface area (Å²) in [5.74, 6) is -0.0679. The molecule has 0 spiro atoms. The summed E-state index contributed by atoms with van der Waals surface area (Å²) in [5, 5.41) is 9.40. The summed E-state index contributed by atoms with van der Waals surface area (Å²) >= 11 is 3.14. The van der Waals surface area contributed by atoms with Crippen LogP contribution in [0.2, 0.25) is 0 Å². The molecule has 0 saturated carbocycles. The molecule has 1 unspecified atom stereocenters. The second kappa shape index (κ2) is 8.32. The molecule has 0 fully saturated rings. The van der Waals surface area contributed by atoms with Gasteiger partial charge in [-0.05, 0) is 42.1 Å². The Morgan fingerprint density at radius 1 is 1.19 bits per heavy atom. The van der Waals surface area contributed by atoms with E-state index in [9.17, 15) is 9.18 Å². The van der Waals surface area contributed by atoms with Gasteiger partial charge in [0.1, 0.15) is 5.82 Å². The number of aryl methyl sites for hydroxylation is 1. The lowest BCUT2D eigenvalue weighted by atomic mass is 10.0. The molecule has 1 N–H and O–H groups in total. The number of hydrogen-bond acceptors (Lipinski definition) is 4. The maximum atomic E-state index is 13.5. The van der Waals surface area contributed by atoms with Gasteiger partial charge in [0.25, 0.3) is 5.91 Å². The summed E-state index contributed by atoms with van der Waals surface area (Å²) in [6.07, 6.45) is 0.620. The lowest BCUT2D eigenvalue weighted by Gasteiger charge is -2.22. The average Bonchev–Trinajstić information content (AvgIpc) is 3.51. The second-order valence-corrected chi connectivity index (χ2v) is 9.38. The summed E-state index contributed by atoms with van der Waals surface area (Å²) in [6.45, 7) is 2.02. The highest BCUT2D eigenvalue weighted by Crippen LogP contribution is 2.36. The van der Waals surface area contributed by atoms with Crippen molar-refractivity contribution in [3.63, 3.8) is 0 Å². The monoisotopic (exact) mass is 449 g/mol. The van der Waals surface area contributed by atoms with Crippen molar-refractivity contribution < 1.29 is 9.18 Å². The van der Waals surface area contributed by atoms with Crippen molar-refractivity contribution in [3.8, 4) is 0 Å². The minimum atomic E-state index is -0.288. The molecule has 2 aromatic heterocycles. The molecule has 1 amide bonds. The van der Waals surface area contributed by atoms with Crippen molar-refractivity contribution in [1.29, 1.82) is 0 Å². The molecule has 7 heteroatoms. The van der Waals surface area contributed by atoms with E-state index < -0.39 is 0 Å². The van der Waals surface area contributed by atoms with Crippen LogP contribution in [-0.4, -0.2) is 27.4 Å². The fourth-order valence-electron chi connectivity index (χ4n) is 3.91. The van der Waals surface area contributed by atoms with Crippen LogP contribution in [0.1, 0.15) is 28.6 Å². The Bertz CT molecular complexity index is 1260. The van der Waals surface area contributed by atoms with E-state index in [0.717, 1.165) is 37.6 Å². The Labute approximate surface area is 187 Å². The van der Waals surface area contributed by atoms with Gasteiger partial charge < -0.3 is 4.98 Å². The lowest BCUT2D eigenvalue weighted by molar-refractivity contribution is -0.130. The molecular formula is C24H20FN3OS2. The van der Waals surface area contributed by atoms with Gasteiger partial charge in [-0.25, -0.2) is 9.40 Å². The van der Waals surface area contributed by atoms with Crippen molar-refractivity contribution in [2.75, 3.05) is 5.75 Å². The number of nitrogens with zero attached hydrogens (tertiary/aromatic N) is 2. The van der Waals surface area contributed by atoms with Crippen LogP contribution >= 0.6 is 23.1 Å². The maximum absolute atomic E-state index is 13.5. The largest absolute Gasteiger partial charge is 0.358 e. The van der Waals surface area contributed by atoms with Gasteiger partial charge in [0, 0.05) is 27.9 Å². The van der Waals surface area contributed by atoms with Crippen molar-refractivity contribution in [3.05, 3.63) is 88.0 Å². The van der Waals surface area contributed by atoms with Crippen molar-refractivity contribution in [2.45, 2.75) is 24.3 Å². The quantitative estimate of drug-likeness (QED) is 0.372. The first kappa shape index (κ1) is 20.0. The first-order chi connectivity index (χ1) is 15.1. The third-order valence-corrected chi connectivity index (χ3v) is 7.53. The second-order valence-electron chi connectivity index (χ2n) is 7.45. The molecule has 1 aliphatic rings. The summed E-state index contributed by atoms with van der Waals surface area (Å²) in [7, 11) is 0. The zero-order valence-corrected chi connectivity index (χ0v) is 18.5. The van der Waals surface area contributed by atoms with Crippen LogP contribution in [0, 0.1) is 12.7 Å². The molecule has 1 aliphatic heterocycles. The maximum Gasteiger partial charge on any atom is 0.253 e. The third-order valence-electron chi connectivity index (χ3n) is 5.40. The predicted octanol–water partition coefficient (Wildman–Crippen LogP) is 6.15. The SMILES string of the molecule is Cc1[nH]c2ccccc2c1SCC(=O)N1N=C(c2cccs2)CC1c1ccc(F)cc1. The Hall–Kier alpha value is -2.90. The number of hydrogen-bond donors (Lipinski definition) is 1. The zero-order chi connectivity index (χ0) is 21.4. The number of rotatable bonds is 5. The molecule has 0 saturated heterocycles. The number of carbonyl (C=O) groups is 1. The topological polar surface area (TPSA) is 48.5 Å². The first-order valence-electron chi connectivity index (χ1n) is 9.99. The normalized spacial score (nSPS) is 16.1. The Balaban J connectivity index is 1.41. The Morgan fingerprint density at radius 2 is 2.00 bits per heavy atom. The highest BCUT2D eigenvalue weighted by molar-refractivity contribution is 8.00. The van der Waals surface area contributed by atoms with Gasteiger partial charge in [0.15, 0.2) is 0 Å². The Kier molecular flexibility index (Phi) is 5.38.